The molecule has 0 atom stereocenters. The first-order valence-electron chi connectivity index (χ1n) is 7.01. The van der Waals surface area contributed by atoms with E-state index in [-0.39, 0.29) is 17.5 Å². The summed E-state index contributed by atoms with van der Waals surface area (Å²) in [7, 11) is 1.32. The fraction of sp³-hybridized carbons (Fsp3) is 0.200. The number of methoxy groups -OCH3 is 1. The Bertz CT molecular complexity index is 977. The van der Waals surface area contributed by atoms with Crippen LogP contribution >= 0.6 is 0 Å². The number of anilines is 1. The van der Waals surface area contributed by atoms with Crippen molar-refractivity contribution < 1.29 is 31.1 Å². The maximum atomic E-state index is 13.3. The number of ether oxygens (including phenoxy) is 1. The van der Waals surface area contributed by atoms with Gasteiger partial charge in [-0.05, 0) is 18.2 Å². The van der Waals surface area contributed by atoms with E-state index >= 15 is 0 Å². The number of hydrogen-bond acceptors (Lipinski definition) is 4. The van der Waals surface area contributed by atoms with E-state index in [4.69, 9.17) is 10.5 Å². The first-order chi connectivity index (χ1) is 12.0. The molecular weight excluding hydrogens is 366 g/mol. The Morgan fingerprint density at radius 1 is 1.04 bits per heavy atom. The third kappa shape index (κ3) is 2.89. The number of rotatable bonds is 2. The molecule has 2 N–H and O–H groups in total. The normalized spacial score (nSPS) is 12.6. The van der Waals surface area contributed by atoms with Gasteiger partial charge in [0.1, 0.15) is 22.9 Å². The minimum absolute atomic E-state index is 0.0764. The second-order valence-corrected chi connectivity index (χ2v) is 5.22. The molecule has 138 valence electrons. The van der Waals surface area contributed by atoms with Crippen LogP contribution in [0.2, 0.25) is 0 Å². The Morgan fingerprint density at radius 2 is 1.69 bits per heavy atom. The number of hydrogen-bond donors (Lipinski definition) is 1. The molecule has 2 aromatic heterocycles. The average molecular weight is 376 g/mol. The zero-order valence-electron chi connectivity index (χ0n) is 13.0. The zero-order chi connectivity index (χ0) is 19.3. The number of alkyl halides is 6. The van der Waals surface area contributed by atoms with Crippen molar-refractivity contribution in [3.8, 4) is 11.4 Å². The van der Waals surface area contributed by atoms with Gasteiger partial charge in [-0.15, -0.1) is 5.10 Å². The van der Waals surface area contributed by atoms with E-state index in [0.717, 1.165) is 4.68 Å². The molecule has 0 aliphatic heterocycles. The van der Waals surface area contributed by atoms with Crippen LogP contribution in [0.5, 0.6) is 5.75 Å². The smallest absolute Gasteiger partial charge is 0.433 e. The quantitative estimate of drug-likeness (QED) is 0.686. The molecule has 0 aliphatic carbocycles. The van der Waals surface area contributed by atoms with Gasteiger partial charge >= 0.3 is 12.4 Å². The van der Waals surface area contributed by atoms with Crippen LogP contribution in [0.4, 0.5) is 32.2 Å². The Hall–Kier alpha value is -2.98. The number of fused-ring (bicyclic) bond motifs is 1. The number of halogens is 6. The molecule has 26 heavy (non-hydrogen) atoms. The van der Waals surface area contributed by atoms with Crippen molar-refractivity contribution in [2.75, 3.05) is 12.8 Å². The molecule has 11 heteroatoms. The third-order valence-electron chi connectivity index (χ3n) is 3.59. The largest absolute Gasteiger partial charge is 0.494 e. The fourth-order valence-electron chi connectivity index (χ4n) is 2.47. The lowest BCUT2D eigenvalue weighted by Crippen LogP contribution is -2.13. The van der Waals surface area contributed by atoms with E-state index in [0.29, 0.717) is 0 Å². The van der Waals surface area contributed by atoms with E-state index in [1.807, 2.05) is 0 Å². The molecule has 0 amide bonds. The van der Waals surface area contributed by atoms with Gasteiger partial charge in [0, 0.05) is 0 Å². The van der Waals surface area contributed by atoms with E-state index in [2.05, 4.69) is 10.1 Å². The SMILES string of the molecule is COc1ccccc1-n1nc2nc(C(F)(F)F)cc(C(F)(F)F)c2c1N. The van der Waals surface area contributed by atoms with E-state index in [1.165, 1.54) is 19.2 Å². The summed E-state index contributed by atoms with van der Waals surface area (Å²) >= 11 is 0. The highest BCUT2D eigenvalue weighted by Crippen LogP contribution is 2.41. The Kier molecular flexibility index (Phi) is 3.97. The third-order valence-corrected chi connectivity index (χ3v) is 3.59. The van der Waals surface area contributed by atoms with Crippen molar-refractivity contribution in [1.29, 1.82) is 0 Å². The molecule has 5 nitrogen and oxygen atoms in total. The van der Waals surface area contributed by atoms with Gasteiger partial charge in [0.15, 0.2) is 5.65 Å². The lowest BCUT2D eigenvalue weighted by atomic mass is 10.1. The van der Waals surface area contributed by atoms with Crippen LogP contribution in [0.3, 0.4) is 0 Å². The van der Waals surface area contributed by atoms with Crippen molar-refractivity contribution in [1.82, 2.24) is 14.8 Å². The number of para-hydroxylation sites is 2. The molecule has 0 bridgehead atoms. The van der Waals surface area contributed by atoms with Crippen LogP contribution in [0, 0.1) is 0 Å². The summed E-state index contributed by atoms with van der Waals surface area (Å²) in [6.45, 7) is 0. The molecule has 0 saturated carbocycles. The molecule has 3 aromatic rings. The van der Waals surface area contributed by atoms with Gasteiger partial charge in [-0.25, -0.2) is 9.67 Å². The van der Waals surface area contributed by atoms with Gasteiger partial charge in [0.2, 0.25) is 0 Å². The summed E-state index contributed by atoms with van der Waals surface area (Å²) in [6, 6.07) is 6.01. The highest BCUT2D eigenvalue weighted by atomic mass is 19.4. The molecule has 0 aliphatic rings. The summed E-state index contributed by atoms with van der Waals surface area (Å²) in [5, 5.41) is 3.03. The van der Waals surface area contributed by atoms with Crippen molar-refractivity contribution in [3.05, 3.63) is 41.6 Å². The van der Waals surface area contributed by atoms with Gasteiger partial charge in [0.05, 0.1) is 18.1 Å². The summed E-state index contributed by atoms with van der Waals surface area (Å²) in [6.07, 6.45) is -10.2. The summed E-state index contributed by atoms with van der Waals surface area (Å²) < 4.78 is 84.6. The number of nitrogen functional groups attached to an aromatic ring is 1. The van der Waals surface area contributed by atoms with Crippen molar-refractivity contribution in [3.63, 3.8) is 0 Å². The zero-order valence-corrected chi connectivity index (χ0v) is 13.0. The predicted octanol–water partition coefficient (Wildman–Crippen LogP) is 4.05. The second kappa shape index (κ2) is 5.78. The Balaban J connectivity index is 2.38. The van der Waals surface area contributed by atoms with Crippen LogP contribution in [0.25, 0.3) is 16.7 Å². The minimum Gasteiger partial charge on any atom is -0.494 e. The van der Waals surface area contributed by atoms with Crippen LogP contribution in [-0.4, -0.2) is 21.9 Å². The number of nitrogens with zero attached hydrogens (tertiary/aromatic N) is 3. The first kappa shape index (κ1) is 17.8. The van der Waals surface area contributed by atoms with E-state index in [1.54, 1.807) is 12.1 Å². The van der Waals surface area contributed by atoms with Crippen LogP contribution in [-0.2, 0) is 12.4 Å². The molecule has 0 saturated heterocycles. The summed E-state index contributed by atoms with van der Waals surface area (Å²) in [5.41, 5.74) is 1.90. The molecule has 3 rings (SSSR count). The van der Waals surface area contributed by atoms with Gasteiger partial charge < -0.3 is 10.5 Å². The molecule has 0 unspecified atom stereocenters. The molecular formula is C15H10F6N4O. The molecule has 0 fully saturated rings. The lowest BCUT2D eigenvalue weighted by Gasteiger charge is -2.12. The highest BCUT2D eigenvalue weighted by molar-refractivity contribution is 5.91. The monoisotopic (exact) mass is 376 g/mol. The van der Waals surface area contributed by atoms with Gasteiger partial charge in [-0.1, -0.05) is 12.1 Å². The predicted molar refractivity (Wildman–Crippen MR) is 79.8 cm³/mol. The number of aromatic nitrogens is 3. The highest BCUT2D eigenvalue weighted by Gasteiger charge is 2.41. The van der Waals surface area contributed by atoms with Crippen molar-refractivity contribution in [2.45, 2.75) is 12.4 Å². The fourth-order valence-corrected chi connectivity index (χ4v) is 2.47. The van der Waals surface area contributed by atoms with Crippen molar-refractivity contribution >= 4 is 16.9 Å². The van der Waals surface area contributed by atoms with Crippen LogP contribution < -0.4 is 10.5 Å². The topological polar surface area (TPSA) is 66.0 Å². The van der Waals surface area contributed by atoms with Crippen LogP contribution in [0.15, 0.2) is 30.3 Å². The van der Waals surface area contributed by atoms with E-state index in [9.17, 15) is 26.3 Å². The Morgan fingerprint density at radius 3 is 2.27 bits per heavy atom. The maximum Gasteiger partial charge on any atom is 0.433 e. The molecule has 2 heterocycles. The summed E-state index contributed by atoms with van der Waals surface area (Å²) in [5.74, 6) is -0.283. The van der Waals surface area contributed by atoms with E-state index < -0.39 is 40.5 Å². The molecule has 1 aromatic carbocycles. The van der Waals surface area contributed by atoms with Gasteiger partial charge in [0.25, 0.3) is 0 Å². The molecule has 0 radical (unpaired) electrons. The van der Waals surface area contributed by atoms with Crippen LogP contribution in [0.1, 0.15) is 11.3 Å². The minimum atomic E-state index is -5.08. The summed E-state index contributed by atoms with van der Waals surface area (Å²) in [4.78, 5) is 3.21. The standard InChI is InChI=1S/C15H10F6N4O/c1-26-9-5-3-2-4-8(9)25-12(22)11-7(14(16,17)18)6-10(15(19,20)21)23-13(11)24-25/h2-6H,22H2,1H3. The number of pyridine rings is 1. The lowest BCUT2D eigenvalue weighted by molar-refractivity contribution is -0.144. The van der Waals surface area contributed by atoms with Gasteiger partial charge in [-0.3, -0.25) is 0 Å². The number of benzene rings is 1. The first-order valence-corrected chi connectivity index (χ1v) is 7.01. The molecule has 0 spiro atoms. The van der Waals surface area contributed by atoms with Gasteiger partial charge in [-0.2, -0.15) is 26.3 Å². The maximum absolute atomic E-state index is 13.3. The number of nitrogens with two attached hydrogens (primary N) is 1. The Labute approximate surface area is 142 Å². The second-order valence-electron chi connectivity index (χ2n) is 5.22. The van der Waals surface area contributed by atoms with Crippen molar-refractivity contribution in [2.24, 2.45) is 0 Å². The average Bonchev–Trinajstić information content (AvgIpc) is 2.89.